The average molecular weight is 573 g/mol. The van der Waals surface area contributed by atoms with Gasteiger partial charge in [-0.05, 0) is 109 Å². The molecule has 0 saturated carbocycles. The number of hydrogen-bond donors (Lipinski definition) is 1. The van der Waals surface area contributed by atoms with E-state index < -0.39 is 11.1 Å². The number of rotatable bonds is 18. The SMILES string of the molecule is CCC(C)(C)CCC(C)(C)OCCC(C)(C)n1cc(CC(C)(C)OCC(C)(C)Nc2ccc(N=O)cc2N=O)nn1. The van der Waals surface area contributed by atoms with E-state index in [9.17, 15) is 9.81 Å². The van der Waals surface area contributed by atoms with Crippen LogP contribution in [0.3, 0.4) is 0 Å². The van der Waals surface area contributed by atoms with E-state index in [4.69, 9.17) is 9.47 Å². The summed E-state index contributed by atoms with van der Waals surface area (Å²) < 4.78 is 14.5. The molecule has 0 bridgehead atoms. The summed E-state index contributed by atoms with van der Waals surface area (Å²) in [6, 6.07) is 4.52. The monoisotopic (exact) mass is 572 g/mol. The summed E-state index contributed by atoms with van der Waals surface area (Å²) in [7, 11) is 0. The third kappa shape index (κ3) is 11.2. The van der Waals surface area contributed by atoms with E-state index in [2.05, 4.69) is 74.4 Å². The maximum absolute atomic E-state index is 11.3. The van der Waals surface area contributed by atoms with E-state index in [-0.39, 0.29) is 22.5 Å². The molecule has 1 N–H and O–H groups in total. The Morgan fingerprint density at radius 1 is 0.878 bits per heavy atom. The van der Waals surface area contributed by atoms with Crippen LogP contribution >= 0.6 is 0 Å². The van der Waals surface area contributed by atoms with Crippen LogP contribution < -0.4 is 5.32 Å². The van der Waals surface area contributed by atoms with Crippen LogP contribution in [-0.4, -0.2) is 44.9 Å². The number of benzene rings is 1. The Morgan fingerprint density at radius 3 is 2.17 bits per heavy atom. The first-order chi connectivity index (χ1) is 18.8. The second-order valence-electron chi connectivity index (χ2n) is 14.5. The number of nitrogens with one attached hydrogen (secondary N) is 1. The van der Waals surface area contributed by atoms with E-state index in [1.165, 1.54) is 12.1 Å². The molecule has 0 aliphatic rings. The molecule has 0 saturated heterocycles. The third-order valence-electron chi connectivity index (χ3n) is 7.82. The van der Waals surface area contributed by atoms with Crippen molar-refractivity contribution in [1.29, 1.82) is 0 Å². The second-order valence-corrected chi connectivity index (χ2v) is 14.5. The van der Waals surface area contributed by atoms with E-state index in [0.717, 1.165) is 31.4 Å². The van der Waals surface area contributed by atoms with Crippen molar-refractivity contribution in [2.45, 2.75) is 131 Å². The molecule has 0 fully saturated rings. The summed E-state index contributed by atoms with van der Waals surface area (Å²) in [4.78, 5) is 22.0. The average Bonchev–Trinajstić information content (AvgIpc) is 3.35. The molecular formula is C31H52N6O4. The lowest BCUT2D eigenvalue weighted by Crippen LogP contribution is -2.41. The summed E-state index contributed by atoms with van der Waals surface area (Å²) in [5.41, 5.74) is 0.527. The molecule has 2 rings (SSSR count). The van der Waals surface area contributed by atoms with Crippen LogP contribution in [0.25, 0.3) is 0 Å². The van der Waals surface area contributed by atoms with Crippen molar-refractivity contribution in [3.63, 3.8) is 0 Å². The standard InChI is InChI=1S/C31H52N6O4/c1-12-27(2,3)15-16-30(8,9)40-18-17-29(6,7)37-21-24(33-36-37)20-31(10,11)41-22-28(4,5)32-25-14-13-23(34-38)19-26(25)35-39/h13-14,19,21,32H,12,15-18,20,22H2,1-11H3. The summed E-state index contributed by atoms with van der Waals surface area (Å²) in [6.07, 6.45) is 6.72. The highest BCUT2D eigenvalue weighted by atomic mass is 16.5. The molecule has 10 heteroatoms. The number of anilines is 1. The van der Waals surface area contributed by atoms with Crippen LogP contribution in [0, 0.1) is 15.2 Å². The Morgan fingerprint density at radius 2 is 1.56 bits per heavy atom. The lowest BCUT2D eigenvalue weighted by atomic mass is 9.82. The molecule has 0 aliphatic heterocycles. The van der Waals surface area contributed by atoms with Gasteiger partial charge in [0.05, 0.1) is 40.3 Å². The fraction of sp³-hybridized carbons (Fsp3) is 0.742. The predicted molar refractivity (Wildman–Crippen MR) is 166 cm³/mol. The van der Waals surface area contributed by atoms with E-state index >= 15 is 0 Å². The molecule has 0 atom stereocenters. The van der Waals surface area contributed by atoms with Gasteiger partial charge in [-0.3, -0.25) is 0 Å². The molecule has 0 aliphatic carbocycles. The van der Waals surface area contributed by atoms with Gasteiger partial charge in [-0.25, -0.2) is 4.68 Å². The fourth-order valence-electron chi connectivity index (χ4n) is 4.28. The molecule has 2 aromatic rings. The van der Waals surface area contributed by atoms with Crippen molar-refractivity contribution in [3.8, 4) is 0 Å². The Kier molecular flexibility index (Phi) is 11.4. The van der Waals surface area contributed by atoms with Crippen molar-refractivity contribution < 1.29 is 9.47 Å². The van der Waals surface area contributed by atoms with Gasteiger partial charge >= 0.3 is 0 Å². The van der Waals surface area contributed by atoms with Gasteiger partial charge in [-0.2, -0.15) is 0 Å². The van der Waals surface area contributed by atoms with Crippen molar-refractivity contribution in [1.82, 2.24) is 15.0 Å². The zero-order chi connectivity index (χ0) is 31.1. The Labute approximate surface area is 246 Å². The first-order valence-electron chi connectivity index (χ1n) is 14.6. The Bertz CT molecular complexity index is 1150. The van der Waals surface area contributed by atoms with Crippen LogP contribution in [0.2, 0.25) is 0 Å². The summed E-state index contributed by atoms with van der Waals surface area (Å²) in [5, 5.41) is 18.1. The van der Waals surface area contributed by atoms with Gasteiger partial charge in [0.15, 0.2) is 0 Å². The first kappa shape index (κ1) is 34.5. The second kappa shape index (κ2) is 13.5. The number of nitroso groups, excluding NO2 is 2. The summed E-state index contributed by atoms with van der Waals surface area (Å²) >= 11 is 0. The highest BCUT2D eigenvalue weighted by molar-refractivity contribution is 5.70. The molecule has 0 radical (unpaired) electrons. The van der Waals surface area contributed by atoms with Crippen LogP contribution in [0.15, 0.2) is 34.7 Å². The molecule has 41 heavy (non-hydrogen) atoms. The fourth-order valence-corrected chi connectivity index (χ4v) is 4.28. The van der Waals surface area contributed by atoms with Crippen LogP contribution in [0.4, 0.5) is 17.1 Å². The Hall–Kier alpha value is -2.72. The molecule has 0 unspecified atom stereocenters. The van der Waals surface area contributed by atoms with Crippen LogP contribution in [0.1, 0.15) is 108 Å². The van der Waals surface area contributed by atoms with Crippen molar-refractivity contribution in [2.75, 3.05) is 18.5 Å². The number of nitrogens with zero attached hydrogens (tertiary/aromatic N) is 5. The Balaban J connectivity index is 1.92. The van der Waals surface area contributed by atoms with Crippen LogP contribution in [-0.2, 0) is 21.4 Å². The molecule has 0 amide bonds. The smallest absolute Gasteiger partial charge is 0.133 e. The van der Waals surface area contributed by atoms with Gasteiger partial charge in [-0.15, -0.1) is 14.9 Å². The number of ether oxygens (including phenoxy) is 2. The normalized spacial score (nSPS) is 13.3. The topological polar surface area (TPSA) is 120 Å². The van der Waals surface area contributed by atoms with E-state index in [0.29, 0.717) is 30.7 Å². The predicted octanol–water partition coefficient (Wildman–Crippen LogP) is 8.44. The minimum atomic E-state index is -0.521. The maximum Gasteiger partial charge on any atom is 0.133 e. The minimum Gasteiger partial charge on any atom is -0.376 e. The maximum atomic E-state index is 11.3. The minimum absolute atomic E-state index is 0.128. The molecule has 1 aromatic heterocycles. The van der Waals surface area contributed by atoms with Gasteiger partial charge < -0.3 is 14.8 Å². The summed E-state index contributed by atoms with van der Waals surface area (Å²) in [5.74, 6) is 0. The quantitative estimate of drug-likeness (QED) is 0.178. The zero-order valence-corrected chi connectivity index (χ0v) is 27.1. The van der Waals surface area contributed by atoms with E-state index in [1.807, 2.05) is 38.6 Å². The van der Waals surface area contributed by atoms with Crippen molar-refractivity contribution >= 4 is 17.1 Å². The highest BCUT2D eigenvalue weighted by Gasteiger charge is 2.30. The van der Waals surface area contributed by atoms with Crippen molar-refractivity contribution in [3.05, 3.63) is 39.9 Å². The zero-order valence-electron chi connectivity index (χ0n) is 27.1. The molecule has 1 heterocycles. The lowest BCUT2D eigenvalue weighted by Gasteiger charge is -2.33. The first-order valence-corrected chi connectivity index (χ1v) is 14.6. The highest BCUT2D eigenvalue weighted by Crippen LogP contribution is 2.33. The van der Waals surface area contributed by atoms with Gasteiger partial charge in [0.2, 0.25) is 0 Å². The molecule has 1 aromatic carbocycles. The van der Waals surface area contributed by atoms with Crippen molar-refractivity contribution in [2.24, 2.45) is 15.8 Å². The summed E-state index contributed by atoms with van der Waals surface area (Å²) in [6.45, 7) is 24.5. The van der Waals surface area contributed by atoms with Crippen LogP contribution in [0.5, 0.6) is 0 Å². The van der Waals surface area contributed by atoms with Gasteiger partial charge in [0.1, 0.15) is 11.4 Å². The molecule has 0 spiro atoms. The lowest BCUT2D eigenvalue weighted by molar-refractivity contribution is -0.0406. The number of aromatic nitrogens is 3. The largest absolute Gasteiger partial charge is 0.376 e. The molecular weight excluding hydrogens is 520 g/mol. The van der Waals surface area contributed by atoms with Gasteiger partial charge in [-0.1, -0.05) is 32.4 Å². The third-order valence-corrected chi connectivity index (χ3v) is 7.82. The molecule has 230 valence electrons. The molecule has 10 nitrogen and oxygen atoms in total. The van der Waals surface area contributed by atoms with E-state index in [1.54, 1.807) is 6.07 Å². The van der Waals surface area contributed by atoms with Gasteiger partial charge in [0, 0.05) is 19.2 Å². The number of hydrogen-bond acceptors (Lipinski definition) is 9. The van der Waals surface area contributed by atoms with Gasteiger partial charge in [0.25, 0.3) is 0 Å².